The van der Waals surface area contributed by atoms with Gasteiger partial charge in [0.2, 0.25) is 0 Å². The van der Waals surface area contributed by atoms with Gasteiger partial charge in [0.15, 0.2) is 5.69 Å². The summed E-state index contributed by atoms with van der Waals surface area (Å²) < 4.78 is 2.72. The van der Waals surface area contributed by atoms with Gasteiger partial charge in [-0.1, -0.05) is 18.2 Å². The topological polar surface area (TPSA) is 59.8 Å². The molecule has 0 radical (unpaired) electrons. The molecule has 20 heavy (non-hydrogen) atoms. The maximum atomic E-state index is 12.3. The maximum absolute atomic E-state index is 12.3. The van der Waals surface area contributed by atoms with Crippen molar-refractivity contribution in [3.63, 3.8) is 0 Å². The van der Waals surface area contributed by atoms with E-state index in [4.69, 9.17) is 0 Å². The largest absolute Gasteiger partial charge is 0.305 e. The monoisotopic (exact) mass is 378 g/mol. The van der Waals surface area contributed by atoms with Gasteiger partial charge in [0.25, 0.3) is 5.91 Å². The number of pyridine rings is 1. The van der Waals surface area contributed by atoms with Gasteiger partial charge in [-0.25, -0.2) is 4.98 Å². The van der Waals surface area contributed by atoms with Crippen molar-refractivity contribution in [3.8, 4) is 0 Å². The first kappa shape index (κ1) is 13.0. The summed E-state index contributed by atoms with van der Waals surface area (Å²) in [6, 6.07) is 11.3. The lowest BCUT2D eigenvalue weighted by Gasteiger charge is -2.02. The Bertz CT molecular complexity index is 779. The summed E-state index contributed by atoms with van der Waals surface area (Å²) in [5.74, 6) is 0.264. The molecule has 1 amide bonds. The van der Waals surface area contributed by atoms with Crippen molar-refractivity contribution in [1.82, 2.24) is 14.8 Å². The van der Waals surface area contributed by atoms with Gasteiger partial charge < -0.3 is 5.32 Å². The average molecular weight is 378 g/mol. The molecule has 0 aliphatic heterocycles. The Labute approximate surface area is 129 Å². The smallest absolute Gasteiger partial charge is 0.277 e. The van der Waals surface area contributed by atoms with Crippen LogP contribution >= 0.6 is 22.6 Å². The van der Waals surface area contributed by atoms with Crippen LogP contribution in [0.4, 0.5) is 5.82 Å². The number of hydrogen-bond acceptors (Lipinski definition) is 3. The molecule has 0 aliphatic carbocycles. The van der Waals surface area contributed by atoms with E-state index in [-0.39, 0.29) is 5.91 Å². The van der Waals surface area contributed by atoms with E-state index in [2.05, 4.69) is 38.0 Å². The molecule has 1 aromatic carbocycles. The third-order valence-corrected chi connectivity index (χ3v) is 3.58. The molecule has 2 aromatic heterocycles. The quantitative estimate of drug-likeness (QED) is 0.698. The number of nitrogens with one attached hydrogen (secondary N) is 1. The highest BCUT2D eigenvalue weighted by Crippen LogP contribution is 2.18. The number of aromatic nitrogens is 3. The molecule has 5 nitrogen and oxygen atoms in total. The number of aryl methyl sites for hydroxylation is 1. The summed E-state index contributed by atoms with van der Waals surface area (Å²) in [6.45, 7) is 0. The number of amides is 1. The minimum atomic E-state index is -0.254. The second-order valence-corrected chi connectivity index (χ2v) is 5.55. The van der Waals surface area contributed by atoms with Crippen LogP contribution in [0, 0.1) is 3.57 Å². The molecule has 0 bridgehead atoms. The third-order valence-electron chi connectivity index (χ3n) is 2.94. The molecule has 6 heteroatoms. The highest BCUT2D eigenvalue weighted by Gasteiger charge is 2.15. The third kappa shape index (κ3) is 2.38. The summed E-state index contributed by atoms with van der Waals surface area (Å²) in [5, 5.41) is 7.87. The van der Waals surface area contributed by atoms with Crippen LogP contribution in [0.25, 0.3) is 10.9 Å². The Morgan fingerprint density at radius 1 is 1.25 bits per heavy atom. The number of hydrogen-bond donors (Lipinski definition) is 1. The fraction of sp³-hybridized carbons (Fsp3) is 0.0714. The minimum Gasteiger partial charge on any atom is -0.305 e. The summed E-state index contributed by atoms with van der Waals surface area (Å²) in [6.07, 6.45) is 1.70. The number of carbonyl (C=O) groups excluding carboxylic acids is 1. The van der Waals surface area contributed by atoms with Gasteiger partial charge in [0.05, 0.1) is 5.52 Å². The van der Waals surface area contributed by atoms with Gasteiger partial charge in [0.1, 0.15) is 5.82 Å². The Morgan fingerprint density at radius 3 is 2.80 bits per heavy atom. The van der Waals surface area contributed by atoms with Crippen LogP contribution in [0.3, 0.4) is 0 Å². The first-order valence-corrected chi connectivity index (χ1v) is 7.07. The van der Waals surface area contributed by atoms with Crippen molar-refractivity contribution in [3.05, 3.63) is 51.9 Å². The maximum Gasteiger partial charge on any atom is 0.277 e. The fourth-order valence-corrected chi connectivity index (χ4v) is 2.33. The van der Waals surface area contributed by atoms with Gasteiger partial charge in [-0.15, -0.1) is 0 Å². The van der Waals surface area contributed by atoms with Gasteiger partial charge in [0, 0.05) is 22.2 Å². The standard InChI is InChI=1S/C14H11IN4O/c1-19-11-5-3-2-4-10(11)13(18-19)14(20)17-12-7-6-9(15)8-16-12/h2-8H,1H3,(H,16,17,20). The van der Waals surface area contributed by atoms with Crippen molar-refractivity contribution in [1.29, 1.82) is 0 Å². The van der Waals surface area contributed by atoms with Crippen molar-refractivity contribution >= 4 is 45.2 Å². The zero-order chi connectivity index (χ0) is 14.1. The number of fused-ring (bicyclic) bond motifs is 1. The van der Waals surface area contributed by atoms with E-state index in [1.807, 2.05) is 37.4 Å². The number of rotatable bonds is 2. The van der Waals surface area contributed by atoms with Gasteiger partial charge in [-0.2, -0.15) is 5.10 Å². The zero-order valence-electron chi connectivity index (χ0n) is 10.7. The molecule has 2 heterocycles. The SMILES string of the molecule is Cn1nc(C(=O)Nc2ccc(I)cn2)c2ccccc21. The predicted molar refractivity (Wildman–Crippen MR) is 85.6 cm³/mol. The number of carbonyl (C=O) groups is 1. The first-order valence-electron chi connectivity index (χ1n) is 6.00. The van der Waals surface area contributed by atoms with Gasteiger partial charge >= 0.3 is 0 Å². The molecule has 3 aromatic rings. The van der Waals surface area contributed by atoms with E-state index in [1.54, 1.807) is 16.9 Å². The fourth-order valence-electron chi connectivity index (χ4n) is 2.01. The molecule has 0 fully saturated rings. The Balaban J connectivity index is 1.95. The number of anilines is 1. The van der Waals surface area contributed by atoms with Crippen molar-refractivity contribution < 1.29 is 4.79 Å². The molecule has 0 saturated heterocycles. The second kappa shape index (κ2) is 5.20. The lowest BCUT2D eigenvalue weighted by molar-refractivity contribution is 0.102. The minimum absolute atomic E-state index is 0.254. The van der Waals surface area contributed by atoms with E-state index in [1.165, 1.54) is 0 Å². The molecule has 0 aliphatic rings. The van der Waals surface area contributed by atoms with Gasteiger partial charge in [-0.05, 0) is 40.8 Å². The van der Waals surface area contributed by atoms with Crippen molar-refractivity contribution in [2.75, 3.05) is 5.32 Å². The van der Waals surface area contributed by atoms with Crippen LogP contribution in [-0.4, -0.2) is 20.7 Å². The molecule has 0 spiro atoms. The van der Waals surface area contributed by atoms with Crippen LogP contribution in [0.5, 0.6) is 0 Å². The normalized spacial score (nSPS) is 10.7. The van der Waals surface area contributed by atoms with Gasteiger partial charge in [-0.3, -0.25) is 9.48 Å². The molecule has 100 valence electrons. The van der Waals surface area contributed by atoms with E-state index >= 15 is 0 Å². The van der Waals surface area contributed by atoms with Crippen LogP contribution in [-0.2, 0) is 7.05 Å². The molecular formula is C14H11IN4O. The lowest BCUT2D eigenvalue weighted by Crippen LogP contribution is -2.14. The number of nitrogens with zero attached hydrogens (tertiary/aromatic N) is 3. The summed E-state index contributed by atoms with van der Waals surface area (Å²) in [5.41, 5.74) is 1.33. The van der Waals surface area contributed by atoms with Crippen LogP contribution in [0.15, 0.2) is 42.6 Å². The Hall–Kier alpha value is -1.96. The summed E-state index contributed by atoms with van der Waals surface area (Å²) in [7, 11) is 1.82. The number of halogens is 1. The molecule has 0 saturated carbocycles. The number of benzene rings is 1. The van der Waals surface area contributed by atoms with Crippen LogP contribution < -0.4 is 5.32 Å². The predicted octanol–water partition coefficient (Wildman–Crippen LogP) is 2.83. The first-order chi connectivity index (χ1) is 9.65. The van der Waals surface area contributed by atoms with Crippen LogP contribution in [0.2, 0.25) is 0 Å². The highest BCUT2D eigenvalue weighted by molar-refractivity contribution is 14.1. The van der Waals surface area contributed by atoms with E-state index < -0.39 is 0 Å². The molecule has 0 atom stereocenters. The van der Waals surface area contributed by atoms with E-state index in [9.17, 15) is 4.79 Å². The van der Waals surface area contributed by atoms with E-state index in [0.717, 1.165) is 14.5 Å². The lowest BCUT2D eigenvalue weighted by atomic mass is 10.2. The Kier molecular flexibility index (Phi) is 3.39. The van der Waals surface area contributed by atoms with Crippen LogP contribution in [0.1, 0.15) is 10.5 Å². The molecule has 3 rings (SSSR count). The Morgan fingerprint density at radius 2 is 2.05 bits per heavy atom. The summed E-state index contributed by atoms with van der Waals surface area (Å²) in [4.78, 5) is 16.5. The summed E-state index contributed by atoms with van der Waals surface area (Å²) >= 11 is 2.17. The van der Waals surface area contributed by atoms with Crippen molar-refractivity contribution in [2.24, 2.45) is 7.05 Å². The molecule has 1 N–H and O–H groups in total. The van der Waals surface area contributed by atoms with E-state index in [0.29, 0.717) is 11.5 Å². The molecular weight excluding hydrogens is 367 g/mol. The number of para-hydroxylation sites is 1. The van der Waals surface area contributed by atoms with Crippen molar-refractivity contribution in [2.45, 2.75) is 0 Å². The molecule has 0 unspecified atom stereocenters. The zero-order valence-corrected chi connectivity index (χ0v) is 12.8. The average Bonchev–Trinajstić information content (AvgIpc) is 2.79. The second-order valence-electron chi connectivity index (χ2n) is 4.31. The highest BCUT2D eigenvalue weighted by atomic mass is 127.